The lowest BCUT2D eigenvalue weighted by atomic mass is 10.0. The first-order valence-corrected chi connectivity index (χ1v) is 8.09. The van der Waals surface area contributed by atoms with Gasteiger partial charge in [0.1, 0.15) is 0 Å². The molecule has 0 fully saturated rings. The summed E-state index contributed by atoms with van der Waals surface area (Å²) in [5.41, 5.74) is 1.14. The van der Waals surface area contributed by atoms with Gasteiger partial charge in [-0.25, -0.2) is 0 Å². The number of carboxylic acid groups (broad SMARTS) is 1. The first-order valence-electron chi connectivity index (χ1n) is 7.21. The standard InChI is InChI=1S/C17H19NO3S/c19-16(12-15-7-4-10-22-15)18-14(11-17(20)21)9-8-13-5-2-1-3-6-13/h1-7,10,14H,8-9,11-12H2,(H,18,19)(H,20,21)/t14-/m1/s1. The fraction of sp³-hybridized carbons (Fsp3) is 0.294. The molecule has 0 bridgehead atoms. The molecule has 4 nitrogen and oxygen atoms in total. The number of hydrogen-bond acceptors (Lipinski definition) is 3. The molecule has 0 spiro atoms. The minimum absolute atomic E-state index is 0.0526. The van der Waals surface area contributed by atoms with E-state index in [2.05, 4.69) is 5.32 Å². The Morgan fingerprint density at radius 3 is 2.55 bits per heavy atom. The smallest absolute Gasteiger partial charge is 0.305 e. The third kappa shape index (κ3) is 5.69. The number of hydrogen-bond donors (Lipinski definition) is 2. The maximum Gasteiger partial charge on any atom is 0.305 e. The van der Waals surface area contributed by atoms with Gasteiger partial charge < -0.3 is 10.4 Å². The van der Waals surface area contributed by atoms with E-state index < -0.39 is 5.97 Å². The lowest BCUT2D eigenvalue weighted by Crippen LogP contribution is -2.37. The second kappa shape index (κ2) is 8.34. The Morgan fingerprint density at radius 1 is 1.14 bits per heavy atom. The fourth-order valence-corrected chi connectivity index (χ4v) is 2.98. The summed E-state index contributed by atoms with van der Waals surface area (Å²) < 4.78 is 0. The van der Waals surface area contributed by atoms with E-state index in [-0.39, 0.29) is 18.4 Å². The van der Waals surface area contributed by atoms with Crippen LogP contribution in [0.3, 0.4) is 0 Å². The van der Waals surface area contributed by atoms with Crippen LogP contribution in [0.5, 0.6) is 0 Å². The van der Waals surface area contributed by atoms with E-state index in [0.717, 1.165) is 16.9 Å². The molecular weight excluding hydrogens is 298 g/mol. The molecule has 116 valence electrons. The summed E-state index contributed by atoms with van der Waals surface area (Å²) in [6.45, 7) is 0. The van der Waals surface area contributed by atoms with Gasteiger partial charge >= 0.3 is 5.97 Å². The molecule has 2 N–H and O–H groups in total. The number of nitrogens with one attached hydrogen (secondary N) is 1. The largest absolute Gasteiger partial charge is 0.481 e. The van der Waals surface area contributed by atoms with Gasteiger partial charge in [0.15, 0.2) is 0 Å². The van der Waals surface area contributed by atoms with Crippen molar-refractivity contribution < 1.29 is 14.7 Å². The molecule has 0 aliphatic rings. The minimum Gasteiger partial charge on any atom is -0.481 e. The van der Waals surface area contributed by atoms with Crippen molar-refractivity contribution in [2.24, 2.45) is 0 Å². The molecule has 0 unspecified atom stereocenters. The molecule has 1 aromatic carbocycles. The van der Waals surface area contributed by atoms with Crippen LogP contribution in [0, 0.1) is 0 Å². The third-order valence-corrected chi connectivity index (χ3v) is 4.20. The highest BCUT2D eigenvalue weighted by Crippen LogP contribution is 2.11. The average Bonchev–Trinajstić information content (AvgIpc) is 2.98. The summed E-state index contributed by atoms with van der Waals surface area (Å²) in [6.07, 6.45) is 1.62. The highest BCUT2D eigenvalue weighted by molar-refractivity contribution is 7.10. The predicted molar refractivity (Wildman–Crippen MR) is 87.0 cm³/mol. The first-order chi connectivity index (χ1) is 10.6. The van der Waals surface area contributed by atoms with Crippen LogP contribution in [0.1, 0.15) is 23.3 Å². The van der Waals surface area contributed by atoms with Crippen LogP contribution in [0.4, 0.5) is 0 Å². The van der Waals surface area contributed by atoms with Gasteiger partial charge in [0.05, 0.1) is 12.8 Å². The number of aliphatic carboxylic acids is 1. The zero-order valence-corrected chi connectivity index (χ0v) is 13.0. The molecule has 1 heterocycles. The van der Waals surface area contributed by atoms with Crippen molar-refractivity contribution in [3.05, 3.63) is 58.3 Å². The predicted octanol–water partition coefficient (Wildman–Crippen LogP) is 2.88. The van der Waals surface area contributed by atoms with Crippen molar-refractivity contribution >= 4 is 23.2 Å². The fourth-order valence-electron chi connectivity index (χ4n) is 2.27. The van der Waals surface area contributed by atoms with Crippen LogP contribution in [-0.2, 0) is 22.4 Å². The lowest BCUT2D eigenvalue weighted by Gasteiger charge is -2.17. The van der Waals surface area contributed by atoms with Gasteiger partial charge in [-0.05, 0) is 29.9 Å². The quantitative estimate of drug-likeness (QED) is 0.787. The molecule has 0 aliphatic carbocycles. The van der Waals surface area contributed by atoms with Crippen molar-refractivity contribution in [2.45, 2.75) is 31.7 Å². The Labute approximate surface area is 133 Å². The number of thiophene rings is 1. The van der Waals surface area contributed by atoms with Gasteiger partial charge in [-0.1, -0.05) is 36.4 Å². The minimum atomic E-state index is -0.894. The number of rotatable bonds is 8. The van der Waals surface area contributed by atoms with Crippen molar-refractivity contribution in [1.29, 1.82) is 0 Å². The third-order valence-electron chi connectivity index (χ3n) is 3.33. The maximum atomic E-state index is 12.0. The summed E-state index contributed by atoms with van der Waals surface area (Å²) in [5.74, 6) is -1.02. The van der Waals surface area contributed by atoms with Crippen molar-refractivity contribution in [3.8, 4) is 0 Å². The summed E-state index contributed by atoms with van der Waals surface area (Å²) >= 11 is 1.53. The number of benzene rings is 1. The number of carbonyl (C=O) groups excluding carboxylic acids is 1. The van der Waals surface area contributed by atoms with Crippen molar-refractivity contribution in [1.82, 2.24) is 5.32 Å². The Balaban J connectivity index is 1.88. The van der Waals surface area contributed by atoms with Crippen LogP contribution in [0.2, 0.25) is 0 Å². The van der Waals surface area contributed by atoms with Crippen molar-refractivity contribution in [3.63, 3.8) is 0 Å². The molecule has 2 aromatic rings. The normalized spacial score (nSPS) is 11.8. The summed E-state index contributed by atoms with van der Waals surface area (Å²) in [7, 11) is 0. The van der Waals surface area contributed by atoms with Crippen molar-refractivity contribution in [2.75, 3.05) is 0 Å². The second-order valence-electron chi connectivity index (χ2n) is 5.14. The average molecular weight is 317 g/mol. The molecular formula is C17H19NO3S. The zero-order chi connectivity index (χ0) is 15.8. The zero-order valence-electron chi connectivity index (χ0n) is 12.2. The SMILES string of the molecule is O=C(O)C[C@@H](CCc1ccccc1)NC(=O)Cc1cccs1. The maximum absolute atomic E-state index is 12.0. The molecule has 0 aliphatic heterocycles. The lowest BCUT2D eigenvalue weighted by molar-refractivity contribution is -0.137. The molecule has 22 heavy (non-hydrogen) atoms. The molecule has 2 rings (SSSR count). The van der Waals surface area contributed by atoms with Gasteiger partial charge in [0.2, 0.25) is 5.91 Å². The number of carboxylic acids is 1. The first kappa shape index (κ1) is 16.2. The van der Waals surface area contributed by atoms with E-state index in [1.54, 1.807) is 0 Å². The molecule has 0 saturated carbocycles. The number of carbonyl (C=O) groups is 2. The Hall–Kier alpha value is -2.14. The van der Waals surface area contributed by atoms with Gasteiger partial charge in [-0.3, -0.25) is 9.59 Å². The number of amides is 1. The molecule has 1 atom stereocenters. The van der Waals surface area contributed by atoms with Crippen LogP contribution >= 0.6 is 11.3 Å². The monoisotopic (exact) mass is 317 g/mol. The summed E-state index contributed by atoms with van der Waals surface area (Å²) in [5, 5.41) is 13.8. The van der Waals surface area contributed by atoms with Crippen LogP contribution in [0.25, 0.3) is 0 Å². The Bertz CT molecular complexity index is 596. The van der Waals surface area contributed by atoms with E-state index in [9.17, 15) is 9.59 Å². The van der Waals surface area contributed by atoms with Gasteiger partial charge in [0.25, 0.3) is 0 Å². The van der Waals surface area contributed by atoms with Gasteiger partial charge in [-0.2, -0.15) is 0 Å². The van der Waals surface area contributed by atoms with E-state index in [1.807, 2.05) is 47.8 Å². The van der Waals surface area contributed by atoms with Crippen LogP contribution in [-0.4, -0.2) is 23.0 Å². The molecule has 5 heteroatoms. The highest BCUT2D eigenvalue weighted by Gasteiger charge is 2.16. The molecule has 0 saturated heterocycles. The van der Waals surface area contributed by atoms with E-state index in [4.69, 9.17) is 5.11 Å². The number of aryl methyl sites for hydroxylation is 1. The highest BCUT2D eigenvalue weighted by atomic mass is 32.1. The second-order valence-corrected chi connectivity index (χ2v) is 6.17. The van der Waals surface area contributed by atoms with Crippen LogP contribution in [0.15, 0.2) is 47.8 Å². The van der Waals surface area contributed by atoms with E-state index in [1.165, 1.54) is 11.3 Å². The van der Waals surface area contributed by atoms with Gasteiger partial charge in [0, 0.05) is 10.9 Å². The van der Waals surface area contributed by atoms with Gasteiger partial charge in [-0.15, -0.1) is 11.3 Å². The molecule has 1 amide bonds. The topological polar surface area (TPSA) is 66.4 Å². The summed E-state index contributed by atoms with van der Waals surface area (Å²) in [6, 6.07) is 13.3. The molecule has 1 aromatic heterocycles. The Kier molecular flexibility index (Phi) is 6.15. The van der Waals surface area contributed by atoms with Crippen LogP contribution < -0.4 is 5.32 Å². The summed E-state index contributed by atoms with van der Waals surface area (Å²) in [4.78, 5) is 24.0. The van der Waals surface area contributed by atoms with E-state index in [0.29, 0.717) is 12.8 Å². The Morgan fingerprint density at radius 2 is 1.91 bits per heavy atom. The van der Waals surface area contributed by atoms with E-state index >= 15 is 0 Å². The molecule has 0 radical (unpaired) electrons.